The van der Waals surface area contributed by atoms with Crippen molar-refractivity contribution in [3.63, 3.8) is 0 Å². The molecule has 2 aromatic heterocycles. The summed E-state index contributed by atoms with van der Waals surface area (Å²) >= 11 is 0. The van der Waals surface area contributed by atoms with Crippen LogP contribution < -0.4 is 11.1 Å². The van der Waals surface area contributed by atoms with Crippen LogP contribution >= 0.6 is 0 Å². The van der Waals surface area contributed by atoms with Crippen molar-refractivity contribution < 1.29 is 9.53 Å². The first-order chi connectivity index (χ1) is 13.1. The first kappa shape index (κ1) is 17.7. The maximum Gasteiger partial charge on any atom is 0.257 e. The van der Waals surface area contributed by atoms with Crippen molar-refractivity contribution in [3.05, 3.63) is 29.8 Å². The number of carbonyl (C=O) groups is 1. The number of nitrogens with two attached hydrogens (primary N) is 1. The minimum Gasteiger partial charge on any atom is -0.384 e. The van der Waals surface area contributed by atoms with Crippen LogP contribution in [0.4, 0.5) is 5.82 Å². The second kappa shape index (κ2) is 7.15. The number of rotatable bonds is 5. The molecule has 142 valence electrons. The maximum absolute atomic E-state index is 12.9. The molecule has 1 amide bonds. The Kier molecular flexibility index (Phi) is 4.70. The van der Waals surface area contributed by atoms with Gasteiger partial charge in [-0.05, 0) is 38.3 Å². The summed E-state index contributed by atoms with van der Waals surface area (Å²) in [7, 11) is 0. The van der Waals surface area contributed by atoms with Gasteiger partial charge in [-0.15, -0.1) is 0 Å². The minimum absolute atomic E-state index is 0.0573. The molecule has 4 rings (SSSR count). The van der Waals surface area contributed by atoms with E-state index >= 15 is 0 Å². The number of nitrogens with zero attached hydrogens (tertiary/aromatic N) is 3. The zero-order valence-electron chi connectivity index (χ0n) is 15.7. The average Bonchev–Trinajstić information content (AvgIpc) is 3.27. The Balaban J connectivity index is 1.88. The van der Waals surface area contributed by atoms with E-state index in [-0.39, 0.29) is 18.1 Å². The van der Waals surface area contributed by atoms with Gasteiger partial charge in [-0.25, -0.2) is 9.97 Å². The quantitative estimate of drug-likeness (QED) is 0.723. The van der Waals surface area contributed by atoms with Gasteiger partial charge in [0.2, 0.25) is 0 Å². The molecule has 1 aliphatic heterocycles. The minimum atomic E-state index is -0.206. The topological polar surface area (TPSA) is 95.1 Å². The highest BCUT2D eigenvalue weighted by Crippen LogP contribution is 2.29. The molecule has 27 heavy (non-hydrogen) atoms. The van der Waals surface area contributed by atoms with Crippen LogP contribution in [0.5, 0.6) is 0 Å². The Labute approximate surface area is 157 Å². The number of amides is 1. The molecule has 0 bridgehead atoms. The summed E-state index contributed by atoms with van der Waals surface area (Å²) in [6.45, 7) is 5.34. The van der Waals surface area contributed by atoms with Crippen LogP contribution in [0.3, 0.4) is 0 Å². The number of carbonyl (C=O) groups excluding carboxylic acids is 1. The highest BCUT2D eigenvalue weighted by molar-refractivity contribution is 6.10. The lowest BCUT2D eigenvalue weighted by Gasteiger charge is -2.14. The third-order valence-corrected chi connectivity index (χ3v) is 5.22. The zero-order valence-corrected chi connectivity index (χ0v) is 15.7. The van der Waals surface area contributed by atoms with Crippen LogP contribution in [0.15, 0.2) is 24.3 Å². The van der Waals surface area contributed by atoms with Gasteiger partial charge in [-0.2, -0.15) is 0 Å². The number of para-hydroxylation sites is 2. The number of ether oxygens (including phenoxy) is 1. The number of nitrogen functional groups attached to an aromatic ring is 1. The molecule has 1 saturated heterocycles. The van der Waals surface area contributed by atoms with Gasteiger partial charge in [0.25, 0.3) is 5.91 Å². The van der Waals surface area contributed by atoms with E-state index in [1.807, 2.05) is 42.7 Å². The van der Waals surface area contributed by atoms with Gasteiger partial charge in [0.15, 0.2) is 5.65 Å². The van der Waals surface area contributed by atoms with Crippen LogP contribution in [0.25, 0.3) is 22.2 Å². The Bertz CT molecular complexity index is 991. The number of anilines is 1. The summed E-state index contributed by atoms with van der Waals surface area (Å²) in [6.07, 6.45) is 2.95. The highest BCUT2D eigenvalue weighted by Gasteiger charge is 2.27. The first-order valence-electron chi connectivity index (χ1n) is 9.55. The molecule has 3 aromatic rings. The smallest absolute Gasteiger partial charge is 0.257 e. The zero-order chi connectivity index (χ0) is 19.0. The lowest BCUT2D eigenvalue weighted by Crippen LogP contribution is -2.32. The molecule has 2 atom stereocenters. The van der Waals surface area contributed by atoms with Crippen LogP contribution in [0, 0.1) is 0 Å². The van der Waals surface area contributed by atoms with E-state index in [1.165, 1.54) is 0 Å². The summed E-state index contributed by atoms with van der Waals surface area (Å²) in [6, 6.07) is 7.71. The Hall–Kier alpha value is -2.67. The van der Waals surface area contributed by atoms with Crippen LogP contribution in [-0.2, 0) is 11.3 Å². The number of benzene rings is 1. The summed E-state index contributed by atoms with van der Waals surface area (Å²) in [5, 5.41) is 3.00. The molecule has 3 N–H and O–H groups in total. The largest absolute Gasteiger partial charge is 0.384 e. The molecule has 3 heterocycles. The Morgan fingerprint density at radius 2 is 2.11 bits per heavy atom. The van der Waals surface area contributed by atoms with Gasteiger partial charge in [0.05, 0.1) is 23.7 Å². The lowest BCUT2D eigenvalue weighted by atomic mass is 10.2. The van der Waals surface area contributed by atoms with Crippen molar-refractivity contribution in [2.45, 2.75) is 51.8 Å². The molecule has 0 unspecified atom stereocenters. The summed E-state index contributed by atoms with van der Waals surface area (Å²) in [5.41, 5.74) is 9.56. The first-order valence-corrected chi connectivity index (χ1v) is 9.55. The third-order valence-electron chi connectivity index (χ3n) is 5.22. The number of hydrogen-bond acceptors (Lipinski definition) is 5. The maximum atomic E-state index is 12.9. The van der Waals surface area contributed by atoms with Gasteiger partial charge in [0, 0.05) is 12.6 Å². The Morgan fingerprint density at radius 1 is 1.37 bits per heavy atom. The lowest BCUT2D eigenvalue weighted by molar-refractivity contribution is 0.0936. The monoisotopic (exact) mass is 367 g/mol. The van der Waals surface area contributed by atoms with Crippen molar-refractivity contribution in [2.24, 2.45) is 0 Å². The second-order valence-corrected chi connectivity index (χ2v) is 7.17. The van der Waals surface area contributed by atoms with Gasteiger partial charge in [-0.1, -0.05) is 19.1 Å². The van der Waals surface area contributed by atoms with Crippen LogP contribution in [0.2, 0.25) is 0 Å². The number of fused-ring (bicyclic) bond motifs is 2. The average molecular weight is 367 g/mol. The fourth-order valence-electron chi connectivity index (χ4n) is 3.52. The molecule has 0 spiro atoms. The van der Waals surface area contributed by atoms with Crippen LogP contribution in [0.1, 0.15) is 43.5 Å². The van der Waals surface area contributed by atoms with E-state index in [0.29, 0.717) is 29.1 Å². The van der Waals surface area contributed by atoms with E-state index in [0.717, 1.165) is 36.9 Å². The number of nitrogens with one attached hydrogen (secondary N) is 1. The SMILES string of the molecule is CC[C@@H](C)NC(=O)c1c(N)n(C[C@H]2CCCO2)c2nc3ccccc3nc12. The summed E-state index contributed by atoms with van der Waals surface area (Å²) in [5.74, 6) is 0.194. The van der Waals surface area contributed by atoms with Crippen molar-refractivity contribution >= 4 is 33.9 Å². The van der Waals surface area contributed by atoms with E-state index in [4.69, 9.17) is 20.4 Å². The van der Waals surface area contributed by atoms with Crippen molar-refractivity contribution in [3.8, 4) is 0 Å². The van der Waals surface area contributed by atoms with Gasteiger partial charge >= 0.3 is 0 Å². The second-order valence-electron chi connectivity index (χ2n) is 7.17. The van der Waals surface area contributed by atoms with E-state index in [2.05, 4.69) is 5.32 Å². The predicted octanol–water partition coefficient (Wildman–Crippen LogP) is 2.87. The number of aromatic nitrogens is 3. The fraction of sp³-hybridized carbons (Fsp3) is 0.450. The number of hydrogen-bond donors (Lipinski definition) is 2. The fourth-order valence-corrected chi connectivity index (χ4v) is 3.52. The van der Waals surface area contributed by atoms with Crippen molar-refractivity contribution in [1.29, 1.82) is 0 Å². The molecular formula is C20H25N5O2. The molecule has 0 radical (unpaired) electrons. The van der Waals surface area contributed by atoms with E-state index in [9.17, 15) is 4.79 Å². The molecule has 1 aromatic carbocycles. The van der Waals surface area contributed by atoms with E-state index < -0.39 is 0 Å². The molecule has 1 aliphatic rings. The third kappa shape index (κ3) is 3.23. The molecule has 7 nitrogen and oxygen atoms in total. The highest BCUT2D eigenvalue weighted by atomic mass is 16.5. The summed E-state index contributed by atoms with van der Waals surface area (Å²) in [4.78, 5) is 22.4. The normalized spacial score (nSPS) is 18.2. The molecule has 1 fully saturated rings. The van der Waals surface area contributed by atoms with Crippen molar-refractivity contribution in [2.75, 3.05) is 12.3 Å². The summed E-state index contributed by atoms with van der Waals surface area (Å²) < 4.78 is 7.66. The molecule has 7 heteroatoms. The Morgan fingerprint density at radius 3 is 2.78 bits per heavy atom. The standard InChI is InChI=1S/C20H25N5O2/c1-3-12(2)22-20(26)16-17-19(24-15-9-5-4-8-14(15)23-17)25(18(16)21)11-13-7-6-10-27-13/h4-5,8-9,12-13H,3,6-7,10-11,21H2,1-2H3,(H,22,26)/t12-,13-/m1/s1. The van der Waals surface area contributed by atoms with E-state index in [1.54, 1.807) is 0 Å². The van der Waals surface area contributed by atoms with Crippen LogP contribution in [-0.4, -0.2) is 39.2 Å². The van der Waals surface area contributed by atoms with Crippen molar-refractivity contribution in [1.82, 2.24) is 19.9 Å². The van der Waals surface area contributed by atoms with Gasteiger partial charge in [0.1, 0.15) is 16.9 Å². The predicted molar refractivity (Wildman–Crippen MR) is 106 cm³/mol. The van der Waals surface area contributed by atoms with Gasteiger partial charge < -0.3 is 20.4 Å². The molecule has 0 saturated carbocycles. The molecular weight excluding hydrogens is 342 g/mol. The molecule has 0 aliphatic carbocycles. The van der Waals surface area contributed by atoms with Gasteiger partial charge in [-0.3, -0.25) is 4.79 Å².